The van der Waals surface area contributed by atoms with Crippen molar-refractivity contribution in [1.29, 1.82) is 0 Å². The molecule has 2 unspecified atom stereocenters. The number of methoxy groups -OCH3 is 1. The second kappa shape index (κ2) is 8.23. The monoisotopic (exact) mass is 271 g/mol. The Morgan fingerprint density at radius 3 is 2.68 bits per heavy atom. The molecule has 0 aliphatic carbocycles. The van der Waals surface area contributed by atoms with Gasteiger partial charge in [-0.05, 0) is 56.5 Å². The maximum absolute atomic E-state index is 13.6. The Labute approximate surface area is 114 Å². The molecule has 0 spiro atoms. The van der Waals surface area contributed by atoms with Crippen LogP contribution in [0.4, 0.5) is 8.78 Å². The summed E-state index contributed by atoms with van der Waals surface area (Å²) >= 11 is 0. The Balaban J connectivity index is 2.71. The van der Waals surface area contributed by atoms with Crippen LogP contribution in [0.5, 0.6) is 0 Å². The summed E-state index contributed by atoms with van der Waals surface area (Å²) in [6.07, 6.45) is 2.33. The van der Waals surface area contributed by atoms with Crippen LogP contribution in [-0.4, -0.2) is 25.8 Å². The predicted molar refractivity (Wildman–Crippen MR) is 73.2 cm³/mol. The van der Waals surface area contributed by atoms with Crippen molar-refractivity contribution in [3.63, 3.8) is 0 Å². The second-order valence-electron chi connectivity index (χ2n) is 4.87. The molecule has 1 rings (SSSR count). The molecule has 4 heteroatoms. The molecule has 0 saturated heterocycles. The van der Waals surface area contributed by atoms with Gasteiger partial charge in [0.2, 0.25) is 0 Å². The highest BCUT2D eigenvalue weighted by atomic mass is 19.1. The van der Waals surface area contributed by atoms with Gasteiger partial charge < -0.3 is 10.1 Å². The van der Waals surface area contributed by atoms with E-state index in [1.807, 2.05) is 6.92 Å². The Hall–Kier alpha value is -1.00. The first-order valence-corrected chi connectivity index (χ1v) is 6.76. The Morgan fingerprint density at radius 1 is 1.32 bits per heavy atom. The first kappa shape index (κ1) is 16.1. The van der Waals surface area contributed by atoms with Crippen molar-refractivity contribution in [3.05, 3.63) is 35.4 Å². The summed E-state index contributed by atoms with van der Waals surface area (Å²) in [5.41, 5.74) is 0.414. The fourth-order valence-corrected chi connectivity index (χ4v) is 2.05. The molecule has 1 N–H and O–H groups in total. The molecule has 2 atom stereocenters. The van der Waals surface area contributed by atoms with Gasteiger partial charge in [-0.1, -0.05) is 6.92 Å². The largest absolute Gasteiger partial charge is 0.382 e. The summed E-state index contributed by atoms with van der Waals surface area (Å²) in [5, 5.41) is 3.36. The summed E-state index contributed by atoms with van der Waals surface area (Å²) in [4.78, 5) is 0. The van der Waals surface area contributed by atoms with Gasteiger partial charge in [-0.3, -0.25) is 0 Å². The molecule has 2 nitrogen and oxygen atoms in total. The molecule has 108 valence electrons. The van der Waals surface area contributed by atoms with Gasteiger partial charge in [0, 0.05) is 13.2 Å². The molecule has 19 heavy (non-hydrogen) atoms. The lowest BCUT2D eigenvalue weighted by Crippen LogP contribution is -2.35. The van der Waals surface area contributed by atoms with E-state index in [-0.39, 0.29) is 18.0 Å². The number of hydrogen-bond acceptors (Lipinski definition) is 2. The first-order valence-electron chi connectivity index (χ1n) is 6.76. The normalized spacial score (nSPS) is 14.4. The van der Waals surface area contributed by atoms with E-state index in [2.05, 4.69) is 12.2 Å². The van der Waals surface area contributed by atoms with Gasteiger partial charge in [0.05, 0.1) is 6.10 Å². The molecule has 0 heterocycles. The molecule has 0 radical (unpaired) electrons. The van der Waals surface area contributed by atoms with E-state index >= 15 is 0 Å². The van der Waals surface area contributed by atoms with Crippen molar-refractivity contribution in [3.8, 4) is 0 Å². The van der Waals surface area contributed by atoms with Gasteiger partial charge in [0.25, 0.3) is 0 Å². The lowest BCUT2D eigenvalue weighted by atomic mass is 10.00. The SMILES string of the molecule is CCCNC(Cc1cc(F)ccc1F)CC(C)OC. The highest BCUT2D eigenvalue weighted by Crippen LogP contribution is 2.14. The zero-order chi connectivity index (χ0) is 14.3. The molecule has 0 aliphatic rings. The number of benzene rings is 1. The number of halogens is 2. The minimum atomic E-state index is -0.398. The van der Waals surface area contributed by atoms with Crippen LogP contribution >= 0.6 is 0 Å². The predicted octanol–water partition coefficient (Wildman–Crippen LogP) is 3.30. The minimum absolute atomic E-state index is 0.0889. The van der Waals surface area contributed by atoms with Gasteiger partial charge in [0.15, 0.2) is 0 Å². The molecule has 0 fully saturated rings. The van der Waals surface area contributed by atoms with Gasteiger partial charge in [-0.15, -0.1) is 0 Å². The van der Waals surface area contributed by atoms with Crippen molar-refractivity contribution >= 4 is 0 Å². The fourth-order valence-electron chi connectivity index (χ4n) is 2.05. The summed E-state index contributed by atoms with van der Waals surface area (Å²) < 4.78 is 32.1. The van der Waals surface area contributed by atoms with Crippen LogP contribution in [0.3, 0.4) is 0 Å². The van der Waals surface area contributed by atoms with Crippen molar-refractivity contribution in [2.75, 3.05) is 13.7 Å². The van der Waals surface area contributed by atoms with Crippen LogP contribution in [-0.2, 0) is 11.2 Å². The lowest BCUT2D eigenvalue weighted by Gasteiger charge is -2.22. The summed E-state index contributed by atoms with van der Waals surface area (Å²) in [6, 6.07) is 3.69. The van der Waals surface area contributed by atoms with Gasteiger partial charge in [-0.25, -0.2) is 8.78 Å². The zero-order valence-corrected chi connectivity index (χ0v) is 11.9. The highest BCUT2D eigenvalue weighted by Gasteiger charge is 2.15. The standard InChI is InChI=1S/C15H23F2NO/c1-4-7-18-14(8-11(2)19-3)10-12-9-13(16)5-6-15(12)17/h5-6,9,11,14,18H,4,7-8,10H2,1-3H3. The van der Waals surface area contributed by atoms with Crippen LogP contribution in [0.15, 0.2) is 18.2 Å². The van der Waals surface area contributed by atoms with Crippen LogP contribution in [0.1, 0.15) is 32.3 Å². The Kier molecular flexibility index (Phi) is 6.95. The second-order valence-corrected chi connectivity index (χ2v) is 4.87. The van der Waals surface area contributed by atoms with Crippen LogP contribution < -0.4 is 5.32 Å². The van der Waals surface area contributed by atoms with E-state index < -0.39 is 5.82 Å². The average molecular weight is 271 g/mol. The van der Waals surface area contributed by atoms with Crippen molar-refractivity contribution in [2.24, 2.45) is 0 Å². The van der Waals surface area contributed by atoms with Crippen LogP contribution in [0.25, 0.3) is 0 Å². The van der Waals surface area contributed by atoms with Crippen molar-refractivity contribution in [2.45, 2.75) is 45.3 Å². The number of rotatable bonds is 8. The molecule has 1 aromatic carbocycles. The quantitative estimate of drug-likeness (QED) is 0.783. The maximum atomic E-state index is 13.6. The van der Waals surface area contributed by atoms with E-state index in [1.165, 1.54) is 12.1 Å². The third kappa shape index (κ3) is 5.66. The summed E-state index contributed by atoms with van der Waals surface area (Å²) in [5.74, 6) is -0.750. The van der Waals surface area contributed by atoms with E-state index in [9.17, 15) is 8.78 Å². The average Bonchev–Trinajstić information content (AvgIpc) is 2.39. The van der Waals surface area contributed by atoms with Crippen molar-refractivity contribution in [1.82, 2.24) is 5.32 Å². The molecule has 0 bridgehead atoms. The maximum Gasteiger partial charge on any atom is 0.126 e. The summed E-state index contributed by atoms with van der Waals surface area (Å²) in [7, 11) is 1.66. The molecule has 1 aromatic rings. The van der Waals surface area contributed by atoms with E-state index in [0.717, 1.165) is 25.5 Å². The van der Waals surface area contributed by atoms with Crippen LogP contribution in [0, 0.1) is 11.6 Å². The highest BCUT2D eigenvalue weighted by molar-refractivity contribution is 5.19. The molecule has 0 saturated carbocycles. The Bertz CT molecular complexity index is 384. The number of hydrogen-bond donors (Lipinski definition) is 1. The molecular formula is C15H23F2NO. The number of ether oxygens (including phenoxy) is 1. The topological polar surface area (TPSA) is 21.3 Å². The van der Waals surface area contributed by atoms with E-state index in [1.54, 1.807) is 7.11 Å². The van der Waals surface area contributed by atoms with Gasteiger partial charge in [0.1, 0.15) is 11.6 Å². The number of nitrogens with one attached hydrogen (secondary N) is 1. The zero-order valence-electron chi connectivity index (χ0n) is 11.9. The molecule has 0 amide bonds. The third-order valence-electron chi connectivity index (χ3n) is 3.18. The molecular weight excluding hydrogens is 248 g/mol. The van der Waals surface area contributed by atoms with E-state index in [4.69, 9.17) is 4.74 Å². The fraction of sp³-hybridized carbons (Fsp3) is 0.600. The smallest absolute Gasteiger partial charge is 0.126 e. The van der Waals surface area contributed by atoms with E-state index in [0.29, 0.717) is 12.0 Å². The van der Waals surface area contributed by atoms with Gasteiger partial charge in [-0.2, -0.15) is 0 Å². The first-order chi connectivity index (χ1) is 9.06. The minimum Gasteiger partial charge on any atom is -0.382 e. The van der Waals surface area contributed by atoms with Gasteiger partial charge >= 0.3 is 0 Å². The molecule has 0 aliphatic heterocycles. The van der Waals surface area contributed by atoms with Crippen molar-refractivity contribution < 1.29 is 13.5 Å². The third-order valence-corrected chi connectivity index (χ3v) is 3.18. The molecule has 0 aromatic heterocycles. The van der Waals surface area contributed by atoms with Crippen LogP contribution in [0.2, 0.25) is 0 Å². The Morgan fingerprint density at radius 2 is 2.05 bits per heavy atom. The summed E-state index contributed by atoms with van der Waals surface area (Å²) in [6.45, 7) is 4.91. The lowest BCUT2D eigenvalue weighted by molar-refractivity contribution is 0.100.